The zero-order chi connectivity index (χ0) is 23.5. The number of aromatic amines is 1. The summed E-state index contributed by atoms with van der Waals surface area (Å²) in [5.74, 6) is 0.509. The van der Waals surface area contributed by atoms with E-state index in [0.29, 0.717) is 17.0 Å². The number of imidazole rings is 1. The van der Waals surface area contributed by atoms with Crippen molar-refractivity contribution in [2.24, 2.45) is 5.92 Å². The lowest BCUT2D eigenvalue weighted by Crippen LogP contribution is -2.22. The van der Waals surface area contributed by atoms with E-state index in [0.717, 1.165) is 38.0 Å². The number of benzene rings is 2. The lowest BCUT2D eigenvalue weighted by atomic mass is 10.3. The van der Waals surface area contributed by atoms with Crippen LogP contribution >= 0.6 is 0 Å². The summed E-state index contributed by atoms with van der Waals surface area (Å²) in [5.41, 5.74) is 2.06. The Morgan fingerprint density at radius 1 is 1.12 bits per heavy atom. The first-order valence-electron chi connectivity index (χ1n) is 11.8. The van der Waals surface area contributed by atoms with Crippen LogP contribution in [0.1, 0.15) is 32.1 Å². The molecule has 1 saturated carbocycles. The first-order valence-corrected chi connectivity index (χ1v) is 13.2. The number of likely N-dealkylation sites (tertiary alicyclic amines) is 1. The third kappa shape index (κ3) is 5.51. The second kappa shape index (κ2) is 9.63. The Hall–Kier alpha value is -3.11. The zero-order valence-electron chi connectivity index (χ0n) is 18.9. The van der Waals surface area contributed by atoms with Crippen molar-refractivity contribution in [2.75, 3.05) is 36.8 Å². The Balaban J connectivity index is 1.18. The van der Waals surface area contributed by atoms with Crippen molar-refractivity contribution < 1.29 is 17.4 Å². The summed E-state index contributed by atoms with van der Waals surface area (Å²) >= 11 is 0. The summed E-state index contributed by atoms with van der Waals surface area (Å²) in [5, 5.41) is 6.09. The zero-order valence-corrected chi connectivity index (χ0v) is 19.7. The number of nitrogens with one attached hydrogen (secondary N) is 3. The molecule has 5 rings (SSSR count). The highest BCUT2D eigenvalue weighted by atomic mass is 32.2. The van der Waals surface area contributed by atoms with Gasteiger partial charge in [-0.25, -0.2) is 4.98 Å². The molecule has 3 aromatic rings. The molecule has 10 heteroatoms. The molecule has 1 aliphatic heterocycles. The largest absolute Gasteiger partial charge is 0.385 e. The standard InChI is InChI=1S/C24H29N5O4S/c30-23(17-4-5-17)28-24-26-21-11-8-19(16-22(21)27-24)33-34(31,32)20-9-6-18(7-10-20)25-12-3-15-29-13-1-2-14-29/h6-11,16-17,25H,1-5,12-15H2,(H2,26,27,28,30). The van der Waals surface area contributed by atoms with E-state index >= 15 is 0 Å². The van der Waals surface area contributed by atoms with Gasteiger partial charge in [0, 0.05) is 24.2 Å². The summed E-state index contributed by atoms with van der Waals surface area (Å²) in [6.45, 7) is 4.31. The van der Waals surface area contributed by atoms with Crippen molar-refractivity contribution in [3.05, 3.63) is 42.5 Å². The van der Waals surface area contributed by atoms with Gasteiger partial charge < -0.3 is 19.4 Å². The van der Waals surface area contributed by atoms with Crippen LogP contribution in [0.4, 0.5) is 11.6 Å². The number of fused-ring (bicyclic) bond motifs is 1. The van der Waals surface area contributed by atoms with Crippen molar-refractivity contribution >= 4 is 38.7 Å². The number of H-pyrrole nitrogens is 1. The maximum Gasteiger partial charge on any atom is 0.339 e. The van der Waals surface area contributed by atoms with Crippen molar-refractivity contribution in [2.45, 2.75) is 37.0 Å². The summed E-state index contributed by atoms with van der Waals surface area (Å²) in [6.07, 6.45) is 5.43. The van der Waals surface area contributed by atoms with Gasteiger partial charge in [0.25, 0.3) is 0 Å². The molecular weight excluding hydrogens is 454 g/mol. The predicted octanol–water partition coefficient (Wildman–Crippen LogP) is 3.58. The number of amides is 1. The van der Waals surface area contributed by atoms with Gasteiger partial charge in [0.2, 0.25) is 11.9 Å². The van der Waals surface area contributed by atoms with Crippen molar-refractivity contribution in [3.8, 4) is 5.75 Å². The average molecular weight is 484 g/mol. The summed E-state index contributed by atoms with van der Waals surface area (Å²) in [6, 6.07) is 11.3. The number of aromatic nitrogens is 2. The molecule has 0 bridgehead atoms. The molecular formula is C24H29N5O4S. The number of anilines is 2. The van der Waals surface area contributed by atoms with Gasteiger partial charge in [-0.2, -0.15) is 8.42 Å². The molecule has 1 saturated heterocycles. The Morgan fingerprint density at radius 2 is 1.88 bits per heavy atom. The van der Waals surface area contributed by atoms with Gasteiger partial charge in [-0.1, -0.05) is 0 Å². The van der Waals surface area contributed by atoms with Crippen molar-refractivity contribution in [3.63, 3.8) is 0 Å². The molecule has 2 aromatic carbocycles. The first-order chi connectivity index (χ1) is 16.5. The van der Waals surface area contributed by atoms with E-state index in [1.54, 1.807) is 24.3 Å². The minimum absolute atomic E-state index is 0.0531. The smallest absolute Gasteiger partial charge is 0.339 e. The molecule has 3 N–H and O–H groups in total. The van der Waals surface area contributed by atoms with E-state index in [1.807, 2.05) is 0 Å². The topological polar surface area (TPSA) is 116 Å². The van der Waals surface area contributed by atoms with E-state index in [2.05, 4.69) is 25.5 Å². The molecule has 1 aromatic heterocycles. The van der Waals surface area contributed by atoms with Crippen LogP contribution in [0.3, 0.4) is 0 Å². The summed E-state index contributed by atoms with van der Waals surface area (Å²) < 4.78 is 30.8. The number of hydrogen-bond acceptors (Lipinski definition) is 7. The van der Waals surface area contributed by atoms with E-state index in [1.165, 1.54) is 44.1 Å². The number of carbonyl (C=O) groups excluding carboxylic acids is 1. The summed E-state index contributed by atoms with van der Waals surface area (Å²) in [7, 11) is -3.99. The third-order valence-corrected chi connectivity index (χ3v) is 7.43. The lowest BCUT2D eigenvalue weighted by Gasteiger charge is -2.14. The Labute approximate surface area is 199 Å². The molecule has 2 fully saturated rings. The number of carbonyl (C=O) groups is 1. The molecule has 1 amide bonds. The number of nitrogens with zero attached hydrogens (tertiary/aromatic N) is 2. The van der Waals surface area contributed by atoms with Crippen LogP contribution in [-0.4, -0.2) is 55.4 Å². The monoisotopic (exact) mass is 483 g/mol. The molecule has 2 aliphatic rings. The van der Waals surface area contributed by atoms with Crippen LogP contribution in [0.25, 0.3) is 11.0 Å². The Morgan fingerprint density at radius 3 is 2.62 bits per heavy atom. The fourth-order valence-corrected chi connectivity index (χ4v) is 5.04. The van der Waals surface area contributed by atoms with Crippen LogP contribution in [-0.2, 0) is 14.9 Å². The van der Waals surface area contributed by atoms with Gasteiger partial charge in [-0.15, -0.1) is 0 Å². The van der Waals surface area contributed by atoms with E-state index in [9.17, 15) is 13.2 Å². The van der Waals surface area contributed by atoms with Gasteiger partial charge in [0.1, 0.15) is 10.6 Å². The van der Waals surface area contributed by atoms with Crippen LogP contribution in [0, 0.1) is 5.92 Å². The third-order valence-electron chi connectivity index (χ3n) is 6.17. The van der Waals surface area contributed by atoms with Crippen LogP contribution in [0.5, 0.6) is 5.75 Å². The summed E-state index contributed by atoms with van der Waals surface area (Å²) in [4.78, 5) is 21.8. The highest BCUT2D eigenvalue weighted by Gasteiger charge is 2.30. The predicted molar refractivity (Wildman–Crippen MR) is 130 cm³/mol. The number of hydrogen-bond donors (Lipinski definition) is 3. The second-order valence-electron chi connectivity index (χ2n) is 8.92. The van der Waals surface area contributed by atoms with E-state index in [-0.39, 0.29) is 22.5 Å². The molecule has 180 valence electrons. The fourth-order valence-electron chi connectivity index (χ4n) is 4.12. The molecule has 1 aliphatic carbocycles. The second-order valence-corrected chi connectivity index (χ2v) is 10.5. The van der Waals surface area contributed by atoms with Crippen LogP contribution in [0.15, 0.2) is 47.4 Å². The van der Waals surface area contributed by atoms with Crippen LogP contribution < -0.4 is 14.8 Å². The quantitative estimate of drug-likeness (QED) is 0.298. The molecule has 9 nitrogen and oxygen atoms in total. The first kappa shape index (κ1) is 22.7. The number of rotatable bonds is 10. The normalized spacial score (nSPS) is 16.6. The van der Waals surface area contributed by atoms with E-state index in [4.69, 9.17) is 4.18 Å². The van der Waals surface area contributed by atoms with Gasteiger partial charge in [0.05, 0.1) is 11.0 Å². The van der Waals surface area contributed by atoms with Gasteiger partial charge >= 0.3 is 10.1 Å². The molecule has 0 spiro atoms. The average Bonchev–Trinajstić information content (AvgIpc) is 3.40. The maximum absolute atomic E-state index is 12.8. The fraction of sp³-hybridized carbons (Fsp3) is 0.417. The molecule has 0 unspecified atom stereocenters. The molecule has 2 heterocycles. The highest BCUT2D eigenvalue weighted by Crippen LogP contribution is 2.30. The van der Waals surface area contributed by atoms with Gasteiger partial charge in [-0.05, 0) is 88.1 Å². The minimum Gasteiger partial charge on any atom is -0.385 e. The van der Waals surface area contributed by atoms with Crippen LogP contribution in [0.2, 0.25) is 0 Å². The van der Waals surface area contributed by atoms with E-state index < -0.39 is 10.1 Å². The van der Waals surface area contributed by atoms with Gasteiger partial charge in [0.15, 0.2) is 0 Å². The maximum atomic E-state index is 12.8. The molecule has 0 radical (unpaired) electrons. The molecule has 34 heavy (non-hydrogen) atoms. The Kier molecular flexibility index (Phi) is 6.42. The highest BCUT2D eigenvalue weighted by molar-refractivity contribution is 7.87. The van der Waals surface area contributed by atoms with Crippen molar-refractivity contribution in [1.82, 2.24) is 14.9 Å². The van der Waals surface area contributed by atoms with Gasteiger partial charge in [-0.3, -0.25) is 10.1 Å². The Bertz CT molecular complexity index is 1260. The van der Waals surface area contributed by atoms with Crippen molar-refractivity contribution in [1.29, 1.82) is 0 Å². The minimum atomic E-state index is -3.99. The SMILES string of the molecule is O=C(Nc1nc2cc(OS(=O)(=O)c3ccc(NCCCN4CCCC4)cc3)ccc2[nH]1)C1CC1. The molecule has 0 atom stereocenters. The lowest BCUT2D eigenvalue weighted by molar-refractivity contribution is -0.117.